The van der Waals surface area contributed by atoms with Gasteiger partial charge < -0.3 is 14.6 Å². The molecule has 1 N–H and O–H groups in total. The first-order valence-electron chi connectivity index (χ1n) is 12.3. The summed E-state index contributed by atoms with van der Waals surface area (Å²) in [6.07, 6.45) is 5.84. The standard InChI is InChI=1S/C24H32F2N4O3S/c1-15-10-18(33-29-15)11-22(31)27-17-4-2-16(3-5-17)6-8-30-9-7-21-20(14-30)28-23(34-21)32-19-12-24(25,26)13-19/h10,16-17,19H,2-9,11-14H2,1H3,(H,27,31)/t16-,17-. The molecule has 0 atom stereocenters. The van der Waals surface area contributed by atoms with Gasteiger partial charge in [-0.05, 0) is 57.9 Å². The third-order valence-electron chi connectivity index (χ3n) is 7.18. The third kappa shape index (κ3) is 5.94. The molecule has 0 radical (unpaired) electrons. The minimum atomic E-state index is -2.57. The first kappa shape index (κ1) is 23.7. The van der Waals surface area contributed by atoms with Gasteiger partial charge in [0.25, 0.3) is 11.1 Å². The molecule has 1 amide bonds. The van der Waals surface area contributed by atoms with Crippen LogP contribution in [-0.2, 0) is 24.2 Å². The van der Waals surface area contributed by atoms with E-state index in [-0.39, 0.29) is 31.2 Å². The second-order valence-electron chi connectivity index (χ2n) is 10.1. The van der Waals surface area contributed by atoms with Gasteiger partial charge in [-0.15, -0.1) is 0 Å². The summed E-state index contributed by atoms with van der Waals surface area (Å²) in [5.41, 5.74) is 1.84. The third-order valence-corrected chi connectivity index (χ3v) is 8.23. The maximum absolute atomic E-state index is 13.0. The number of hydrogen-bond acceptors (Lipinski definition) is 7. The van der Waals surface area contributed by atoms with Gasteiger partial charge in [0.2, 0.25) is 5.91 Å². The highest BCUT2D eigenvalue weighted by Crippen LogP contribution is 2.41. The summed E-state index contributed by atoms with van der Waals surface area (Å²) < 4.78 is 36.9. The Bertz CT molecular complexity index is 994. The summed E-state index contributed by atoms with van der Waals surface area (Å²) in [5, 5.41) is 7.52. The molecule has 2 aromatic rings. The number of nitrogens with zero attached hydrogens (tertiary/aromatic N) is 3. The Kier molecular flexibility index (Phi) is 6.88. The van der Waals surface area contributed by atoms with Crippen LogP contribution in [0.5, 0.6) is 5.19 Å². The van der Waals surface area contributed by atoms with Crippen LogP contribution in [0, 0.1) is 12.8 Å². The quantitative estimate of drug-likeness (QED) is 0.590. The zero-order valence-corrected chi connectivity index (χ0v) is 20.3. The number of aromatic nitrogens is 2. The fraction of sp³-hybridized carbons (Fsp3) is 0.708. The molecule has 0 bridgehead atoms. The predicted octanol–water partition coefficient (Wildman–Crippen LogP) is 4.28. The Morgan fingerprint density at radius 3 is 2.82 bits per heavy atom. The number of hydrogen-bond donors (Lipinski definition) is 1. The summed E-state index contributed by atoms with van der Waals surface area (Å²) in [6, 6.07) is 2.05. The van der Waals surface area contributed by atoms with E-state index >= 15 is 0 Å². The van der Waals surface area contributed by atoms with E-state index in [9.17, 15) is 13.6 Å². The molecule has 2 aliphatic carbocycles. The van der Waals surface area contributed by atoms with Crippen molar-refractivity contribution in [2.75, 3.05) is 13.1 Å². The van der Waals surface area contributed by atoms with Crippen molar-refractivity contribution in [2.45, 2.75) is 89.3 Å². The number of alkyl halides is 2. The number of halogens is 2. The summed E-state index contributed by atoms with van der Waals surface area (Å²) >= 11 is 1.52. The lowest BCUT2D eigenvalue weighted by molar-refractivity contribution is -0.134. The van der Waals surface area contributed by atoms with Gasteiger partial charge in [-0.2, -0.15) is 0 Å². The number of thiazole rings is 1. The molecule has 186 valence electrons. The molecule has 1 aliphatic heterocycles. The Labute approximate surface area is 202 Å². The van der Waals surface area contributed by atoms with Gasteiger partial charge in [-0.25, -0.2) is 13.8 Å². The fourth-order valence-electron chi connectivity index (χ4n) is 5.20. The van der Waals surface area contributed by atoms with E-state index < -0.39 is 12.0 Å². The number of carbonyl (C=O) groups is 1. The van der Waals surface area contributed by atoms with Gasteiger partial charge in [-0.3, -0.25) is 9.69 Å². The number of fused-ring (bicyclic) bond motifs is 1. The summed E-state index contributed by atoms with van der Waals surface area (Å²) in [7, 11) is 0. The molecule has 3 heterocycles. The van der Waals surface area contributed by atoms with Crippen LogP contribution >= 0.6 is 11.3 Å². The van der Waals surface area contributed by atoms with Crippen LogP contribution in [-0.4, -0.2) is 52.1 Å². The van der Waals surface area contributed by atoms with Gasteiger partial charge in [0, 0.05) is 42.9 Å². The maximum Gasteiger partial charge on any atom is 0.273 e. The Hall–Kier alpha value is -2.07. The minimum absolute atomic E-state index is 0.00125. The molecule has 5 rings (SSSR count). The molecule has 34 heavy (non-hydrogen) atoms. The number of rotatable bonds is 8. The maximum atomic E-state index is 13.0. The number of nitrogens with one attached hydrogen (secondary N) is 1. The first-order chi connectivity index (χ1) is 16.3. The number of amides is 1. The molecule has 0 aromatic carbocycles. The predicted molar refractivity (Wildman–Crippen MR) is 123 cm³/mol. The highest BCUT2D eigenvalue weighted by Gasteiger charge is 2.47. The lowest BCUT2D eigenvalue weighted by Gasteiger charge is -2.33. The highest BCUT2D eigenvalue weighted by molar-refractivity contribution is 7.13. The Morgan fingerprint density at radius 1 is 1.32 bits per heavy atom. The summed E-state index contributed by atoms with van der Waals surface area (Å²) in [5.74, 6) is -1.28. The van der Waals surface area contributed by atoms with Crippen molar-refractivity contribution in [1.82, 2.24) is 20.4 Å². The molecule has 0 saturated heterocycles. The largest absolute Gasteiger partial charge is 0.466 e. The summed E-state index contributed by atoms with van der Waals surface area (Å²) in [4.78, 5) is 20.5. The van der Waals surface area contributed by atoms with E-state index in [0.29, 0.717) is 16.9 Å². The topological polar surface area (TPSA) is 80.5 Å². The van der Waals surface area contributed by atoms with Crippen LogP contribution in [0.2, 0.25) is 0 Å². The lowest BCUT2D eigenvalue weighted by atomic mass is 9.84. The molecule has 10 heteroatoms. The van der Waals surface area contributed by atoms with Crippen LogP contribution in [0.1, 0.15) is 67.0 Å². The molecule has 2 fully saturated rings. The van der Waals surface area contributed by atoms with Gasteiger partial charge >= 0.3 is 0 Å². The second-order valence-corrected chi connectivity index (χ2v) is 11.1. The van der Waals surface area contributed by atoms with Crippen molar-refractivity contribution in [2.24, 2.45) is 5.92 Å². The average molecular weight is 495 g/mol. The van der Waals surface area contributed by atoms with Crippen LogP contribution < -0.4 is 10.1 Å². The summed E-state index contributed by atoms with van der Waals surface area (Å²) in [6.45, 7) is 4.69. The van der Waals surface area contributed by atoms with Crippen molar-refractivity contribution in [1.29, 1.82) is 0 Å². The van der Waals surface area contributed by atoms with Crippen molar-refractivity contribution < 1.29 is 22.8 Å². The van der Waals surface area contributed by atoms with E-state index in [4.69, 9.17) is 9.26 Å². The minimum Gasteiger partial charge on any atom is -0.466 e. The lowest BCUT2D eigenvalue weighted by Crippen LogP contribution is -2.43. The fourth-order valence-corrected chi connectivity index (χ4v) is 6.17. The molecule has 2 aromatic heterocycles. The number of ether oxygens (including phenoxy) is 1. The highest BCUT2D eigenvalue weighted by atomic mass is 32.1. The van der Waals surface area contributed by atoms with Crippen LogP contribution in [0.3, 0.4) is 0 Å². The van der Waals surface area contributed by atoms with Crippen LogP contribution in [0.4, 0.5) is 8.78 Å². The van der Waals surface area contributed by atoms with Crippen molar-refractivity contribution in [3.63, 3.8) is 0 Å². The van der Waals surface area contributed by atoms with Crippen LogP contribution in [0.25, 0.3) is 0 Å². The van der Waals surface area contributed by atoms with Crippen molar-refractivity contribution >= 4 is 17.2 Å². The number of carbonyl (C=O) groups excluding carboxylic acids is 1. The van der Waals surface area contributed by atoms with Gasteiger partial charge in [0.1, 0.15) is 11.9 Å². The van der Waals surface area contributed by atoms with E-state index in [1.54, 1.807) is 6.07 Å². The van der Waals surface area contributed by atoms with Gasteiger partial charge in [-0.1, -0.05) is 16.5 Å². The molecule has 7 nitrogen and oxygen atoms in total. The SMILES string of the molecule is Cc1cc(CC(=O)N[C@H]2CC[C@H](CCN3CCc4sc(OC5CC(F)(F)C5)nc4C3)CC2)on1. The monoisotopic (exact) mass is 494 g/mol. The first-order valence-corrected chi connectivity index (χ1v) is 13.1. The van der Waals surface area contributed by atoms with Gasteiger partial charge in [0.05, 0.1) is 17.8 Å². The molecule has 0 spiro atoms. The van der Waals surface area contributed by atoms with Crippen LogP contribution in [0.15, 0.2) is 10.6 Å². The zero-order valence-electron chi connectivity index (χ0n) is 19.5. The zero-order chi connectivity index (χ0) is 23.7. The van der Waals surface area contributed by atoms with Gasteiger partial charge in [0.15, 0.2) is 0 Å². The Morgan fingerprint density at radius 2 is 2.12 bits per heavy atom. The molecular formula is C24H32F2N4O3S. The van der Waals surface area contributed by atoms with Crippen molar-refractivity contribution in [3.05, 3.63) is 28.1 Å². The van der Waals surface area contributed by atoms with E-state index in [1.807, 2.05) is 6.92 Å². The second kappa shape index (κ2) is 9.89. The molecular weight excluding hydrogens is 462 g/mol. The average Bonchev–Trinajstić information content (AvgIpc) is 3.36. The van der Waals surface area contributed by atoms with E-state index in [1.165, 1.54) is 16.2 Å². The van der Waals surface area contributed by atoms with E-state index in [0.717, 1.165) is 69.5 Å². The number of aryl methyl sites for hydroxylation is 1. The molecule has 3 aliphatic rings. The van der Waals surface area contributed by atoms with E-state index in [2.05, 4.69) is 20.4 Å². The molecule has 0 unspecified atom stereocenters. The smallest absolute Gasteiger partial charge is 0.273 e. The Balaban J connectivity index is 1.00. The normalized spacial score (nSPS) is 24.9. The van der Waals surface area contributed by atoms with Crippen molar-refractivity contribution in [3.8, 4) is 5.19 Å². The molecule has 2 saturated carbocycles.